The van der Waals surface area contributed by atoms with Crippen LogP contribution in [0, 0.1) is 0 Å². The molecule has 0 atom stereocenters. The first-order valence-corrected chi connectivity index (χ1v) is 7.28. The van der Waals surface area contributed by atoms with E-state index in [1.807, 2.05) is 31.2 Å². The van der Waals surface area contributed by atoms with Crippen molar-refractivity contribution in [2.24, 2.45) is 0 Å². The average Bonchev–Trinajstić information content (AvgIpc) is 2.86. The van der Waals surface area contributed by atoms with Gasteiger partial charge < -0.3 is 15.2 Å². The van der Waals surface area contributed by atoms with Crippen LogP contribution in [-0.2, 0) is 13.0 Å². The van der Waals surface area contributed by atoms with Gasteiger partial charge in [0.05, 0.1) is 18.8 Å². The fourth-order valence-corrected chi connectivity index (χ4v) is 1.99. The van der Waals surface area contributed by atoms with Gasteiger partial charge in [-0.25, -0.2) is 4.68 Å². The van der Waals surface area contributed by atoms with Crippen LogP contribution in [0.2, 0.25) is 0 Å². The highest BCUT2D eigenvalue weighted by molar-refractivity contribution is 5.33. The summed E-state index contributed by atoms with van der Waals surface area (Å²) in [5, 5.41) is 7.88. The van der Waals surface area contributed by atoms with Gasteiger partial charge in [-0.1, -0.05) is 19.1 Å². The zero-order chi connectivity index (χ0) is 15.1. The Morgan fingerprint density at radius 2 is 1.67 bits per heavy atom. The summed E-state index contributed by atoms with van der Waals surface area (Å²) < 4.78 is 13.0. The molecule has 0 aliphatic heterocycles. The number of rotatable bonds is 8. The highest BCUT2D eigenvalue weighted by atomic mass is 16.5. The molecule has 0 aliphatic rings. The quantitative estimate of drug-likeness (QED) is 0.807. The number of benzene rings is 1. The highest BCUT2D eigenvalue weighted by Gasteiger charge is 2.07. The molecule has 21 heavy (non-hydrogen) atoms. The van der Waals surface area contributed by atoms with Crippen LogP contribution in [0.5, 0.6) is 11.5 Å². The summed E-state index contributed by atoms with van der Waals surface area (Å²) in [5.74, 6) is 2.17. The van der Waals surface area contributed by atoms with E-state index in [4.69, 9.17) is 15.2 Å². The highest BCUT2D eigenvalue weighted by Crippen LogP contribution is 2.18. The van der Waals surface area contributed by atoms with Crippen molar-refractivity contribution in [2.75, 3.05) is 18.9 Å². The van der Waals surface area contributed by atoms with Crippen LogP contribution in [-0.4, -0.2) is 28.2 Å². The lowest BCUT2D eigenvalue weighted by Crippen LogP contribution is -2.12. The third-order valence-corrected chi connectivity index (χ3v) is 3.07. The van der Waals surface area contributed by atoms with Crippen molar-refractivity contribution >= 4 is 5.82 Å². The molecule has 0 amide bonds. The van der Waals surface area contributed by atoms with E-state index >= 15 is 0 Å². The summed E-state index contributed by atoms with van der Waals surface area (Å²) in [5.41, 5.74) is 6.69. The number of aromatic nitrogens is 3. The van der Waals surface area contributed by atoms with Crippen molar-refractivity contribution in [1.82, 2.24) is 15.0 Å². The third kappa shape index (κ3) is 4.11. The molecule has 0 fully saturated rings. The largest absolute Gasteiger partial charge is 0.494 e. The van der Waals surface area contributed by atoms with Gasteiger partial charge in [-0.2, -0.15) is 0 Å². The number of ether oxygens (including phenoxy) is 2. The minimum absolute atomic E-state index is 0.495. The molecular weight excluding hydrogens is 268 g/mol. The molecule has 0 saturated heterocycles. The fourth-order valence-electron chi connectivity index (χ4n) is 1.99. The molecule has 2 aromatic rings. The van der Waals surface area contributed by atoms with E-state index in [2.05, 4.69) is 17.2 Å². The molecule has 2 N–H and O–H groups in total. The topological polar surface area (TPSA) is 75.2 Å². The summed E-state index contributed by atoms with van der Waals surface area (Å²) in [7, 11) is 0. The standard InChI is InChI=1S/C15H22N4O2/c1-3-10-20-12-5-7-13(8-6-12)21-11-9-19-14(4-2)15(16)17-18-19/h5-8H,3-4,9-11,16H2,1-2H3. The van der Waals surface area contributed by atoms with Crippen molar-refractivity contribution in [2.45, 2.75) is 33.2 Å². The third-order valence-electron chi connectivity index (χ3n) is 3.07. The van der Waals surface area contributed by atoms with Gasteiger partial charge >= 0.3 is 0 Å². The molecule has 6 nitrogen and oxygen atoms in total. The maximum atomic E-state index is 5.74. The van der Waals surface area contributed by atoms with E-state index in [9.17, 15) is 0 Å². The molecule has 1 aromatic heterocycles. The van der Waals surface area contributed by atoms with Gasteiger partial charge in [0.2, 0.25) is 0 Å². The number of nitrogen functional groups attached to an aromatic ring is 1. The van der Waals surface area contributed by atoms with Crippen molar-refractivity contribution in [3.8, 4) is 11.5 Å². The minimum atomic E-state index is 0.495. The summed E-state index contributed by atoms with van der Waals surface area (Å²) in [4.78, 5) is 0. The summed E-state index contributed by atoms with van der Waals surface area (Å²) >= 11 is 0. The Morgan fingerprint density at radius 1 is 1.05 bits per heavy atom. The molecule has 0 saturated carbocycles. The predicted octanol–water partition coefficient (Wildman–Crippen LogP) is 2.29. The number of anilines is 1. The molecule has 6 heteroatoms. The van der Waals surface area contributed by atoms with Crippen LogP contribution in [0.15, 0.2) is 24.3 Å². The second-order valence-corrected chi connectivity index (χ2v) is 4.67. The SMILES string of the molecule is CCCOc1ccc(OCCn2nnc(N)c2CC)cc1. The predicted molar refractivity (Wildman–Crippen MR) is 81.5 cm³/mol. The fraction of sp³-hybridized carbons (Fsp3) is 0.467. The van der Waals surface area contributed by atoms with Crippen LogP contribution < -0.4 is 15.2 Å². The Bertz CT molecular complexity index is 551. The second kappa shape index (κ2) is 7.52. The van der Waals surface area contributed by atoms with E-state index in [1.165, 1.54) is 0 Å². The normalized spacial score (nSPS) is 10.6. The second-order valence-electron chi connectivity index (χ2n) is 4.67. The first-order chi connectivity index (χ1) is 10.2. The van der Waals surface area contributed by atoms with E-state index in [-0.39, 0.29) is 0 Å². The monoisotopic (exact) mass is 290 g/mol. The minimum Gasteiger partial charge on any atom is -0.494 e. The summed E-state index contributed by atoms with van der Waals surface area (Å²) in [6, 6.07) is 7.63. The first kappa shape index (κ1) is 15.2. The van der Waals surface area contributed by atoms with Gasteiger partial charge in [-0.05, 0) is 37.1 Å². The lowest BCUT2D eigenvalue weighted by atomic mass is 10.3. The van der Waals surface area contributed by atoms with Crippen LogP contribution in [0.1, 0.15) is 26.0 Å². The lowest BCUT2D eigenvalue weighted by Gasteiger charge is -2.09. The van der Waals surface area contributed by atoms with Crippen molar-refractivity contribution < 1.29 is 9.47 Å². The lowest BCUT2D eigenvalue weighted by molar-refractivity contribution is 0.285. The van der Waals surface area contributed by atoms with Crippen LogP contribution in [0.4, 0.5) is 5.82 Å². The number of hydrogen-bond donors (Lipinski definition) is 1. The first-order valence-electron chi connectivity index (χ1n) is 7.28. The van der Waals surface area contributed by atoms with Gasteiger partial charge in [-0.3, -0.25) is 0 Å². The van der Waals surface area contributed by atoms with Crippen LogP contribution in [0.3, 0.4) is 0 Å². The molecule has 114 valence electrons. The maximum absolute atomic E-state index is 5.74. The summed E-state index contributed by atoms with van der Waals surface area (Å²) in [6.07, 6.45) is 1.81. The number of hydrogen-bond acceptors (Lipinski definition) is 5. The van der Waals surface area contributed by atoms with E-state index in [0.29, 0.717) is 19.0 Å². The van der Waals surface area contributed by atoms with Gasteiger partial charge in [0.1, 0.15) is 18.1 Å². The van der Waals surface area contributed by atoms with E-state index in [1.54, 1.807) is 4.68 Å². The molecule has 0 radical (unpaired) electrons. The molecule has 0 spiro atoms. The molecular formula is C15H22N4O2. The molecule has 0 unspecified atom stereocenters. The van der Waals surface area contributed by atoms with Gasteiger partial charge in [0.25, 0.3) is 0 Å². The van der Waals surface area contributed by atoms with Crippen molar-refractivity contribution in [3.05, 3.63) is 30.0 Å². The Labute approximate surface area is 124 Å². The molecule has 2 rings (SSSR count). The molecule has 1 aromatic carbocycles. The molecule has 0 aliphatic carbocycles. The van der Waals surface area contributed by atoms with Gasteiger partial charge in [0, 0.05) is 0 Å². The Kier molecular flexibility index (Phi) is 5.43. The zero-order valence-electron chi connectivity index (χ0n) is 12.6. The number of nitrogens with two attached hydrogens (primary N) is 1. The Morgan fingerprint density at radius 3 is 2.24 bits per heavy atom. The van der Waals surface area contributed by atoms with E-state index in [0.717, 1.165) is 36.6 Å². The van der Waals surface area contributed by atoms with Crippen LogP contribution in [0.25, 0.3) is 0 Å². The zero-order valence-corrected chi connectivity index (χ0v) is 12.6. The molecule has 1 heterocycles. The van der Waals surface area contributed by atoms with Crippen molar-refractivity contribution in [1.29, 1.82) is 0 Å². The maximum Gasteiger partial charge on any atom is 0.169 e. The van der Waals surface area contributed by atoms with Gasteiger partial charge in [0.15, 0.2) is 5.82 Å². The van der Waals surface area contributed by atoms with Crippen molar-refractivity contribution in [3.63, 3.8) is 0 Å². The van der Waals surface area contributed by atoms with Gasteiger partial charge in [-0.15, -0.1) is 5.10 Å². The molecule has 0 bridgehead atoms. The average molecular weight is 290 g/mol. The van der Waals surface area contributed by atoms with E-state index < -0.39 is 0 Å². The summed E-state index contributed by atoms with van der Waals surface area (Å²) in [6.45, 7) is 5.99. The Hall–Kier alpha value is -2.24. The Balaban J connectivity index is 1.83. The number of nitrogens with zero attached hydrogens (tertiary/aromatic N) is 3. The van der Waals surface area contributed by atoms with Crippen LogP contribution >= 0.6 is 0 Å². The smallest absolute Gasteiger partial charge is 0.169 e.